The van der Waals surface area contributed by atoms with Gasteiger partial charge >= 0.3 is 5.97 Å². The summed E-state index contributed by atoms with van der Waals surface area (Å²) in [4.78, 5) is 22.7. The van der Waals surface area contributed by atoms with Gasteiger partial charge in [0.1, 0.15) is 5.82 Å². The second kappa shape index (κ2) is 6.67. The monoisotopic (exact) mass is 299 g/mol. The van der Waals surface area contributed by atoms with Gasteiger partial charge in [-0.1, -0.05) is 12.1 Å². The number of aromatic carboxylic acids is 1. The molecule has 0 aromatic heterocycles. The zero-order valence-corrected chi connectivity index (χ0v) is 11.8. The number of carboxylic acids is 1. The molecule has 2 aromatic carbocycles. The molecule has 5 heteroatoms. The van der Waals surface area contributed by atoms with Crippen LogP contribution in [0, 0.1) is 12.7 Å². The molecule has 0 saturated carbocycles. The summed E-state index contributed by atoms with van der Waals surface area (Å²) in [6, 6.07) is 10.2. The van der Waals surface area contributed by atoms with Gasteiger partial charge in [-0.3, -0.25) is 4.79 Å². The molecule has 0 saturated heterocycles. The molecule has 0 fully saturated rings. The largest absolute Gasteiger partial charge is 0.478 e. The molecule has 112 valence electrons. The minimum atomic E-state index is -1.02. The van der Waals surface area contributed by atoms with Crippen LogP contribution in [0.5, 0.6) is 0 Å². The Morgan fingerprint density at radius 2 is 1.82 bits per heavy atom. The molecule has 22 heavy (non-hydrogen) atoms. The molecule has 0 radical (unpaired) electrons. The Hall–Kier alpha value is -2.95. The van der Waals surface area contributed by atoms with Gasteiger partial charge in [0.2, 0.25) is 5.91 Å². The quantitative estimate of drug-likeness (QED) is 0.849. The van der Waals surface area contributed by atoms with Crippen molar-refractivity contribution in [2.24, 2.45) is 0 Å². The first kappa shape index (κ1) is 15.4. The van der Waals surface area contributed by atoms with Crippen molar-refractivity contribution < 1.29 is 19.1 Å². The summed E-state index contributed by atoms with van der Waals surface area (Å²) in [5.41, 5.74) is 2.06. The van der Waals surface area contributed by atoms with Crippen molar-refractivity contribution in [2.75, 3.05) is 5.32 Å². The van der Waals surface area contributed by atoms with E-state index < -0.39 is 5.97 Å². The SMILES string of the molecule is Cc1cc(C(=O)O)ccc1NC(=O)/C=C/c1ccc(F)cc1. The van der Waals surface area contributed by atoms with Crippen LogP contribution < -0.4 is 5.32 Å². The molecule has 0 heterocycles. The number of amides is 1. The Bertz CT molecular complexity index is 736. The molecular formula is C17H14FNO3. The summed E-state index contributed by atoms with van der Waals surface area (Å²) < 4.78 is 12.8. The number of hydrogen-bond acceptors (Lipinski definition) is 2. The van der Waals surface area contributed by atoms with Crippen LogP contribution in [0.2, 0.25) is 0 Å². The molecule has 0 bridgehead atoms. The third kappa shape index (κ3) is 4.02. The Kier molecular flexibility index (Phi) is 4.68. The van der Waals surface area contributed by atoms with Gasteiger partial charge in [0.25, 0.3) is 0 Å². The number of benzene rings is 2. The van der Waals surface area contributed by atoms with E-state index in [-0.39, 0.29) is 17.3 Å². The molecule has 2 aromatic rings. The highest BCUT2D eigenvalue weighted by Crippen LogP contribution is 2.16. The van der Waals surface area contributed by atoms with E-state index in [0.29, 0.717) is 16.8 Å². The van der Waals surface area contributed by atoms with Crippen molar-refractivity contribution in [2.45, 2.75) is 6.92 Å². The van der Waals surface area contributed by atoms with Crippen LogP contribution >= 0.6 is 0 Å². The van der Waals surface area contributed by atoms with Gasteiger partial charge in [-0.05, 0) is 54.5 Å². The summed E-state index contributed by atoms with van der Waals surface area (Å²) in [6.45, 7) is 1.71. The number of anilines is 1. The van der Waals surface area contributed by atoms with Crippen LogP contribution in [0.1, 0.15) is 21.5 Å². The first-order valence-electron chi connectivity index (χ1n) is 6.54. The maximum absolute atomic E-state index is 12.8. The normalized spacial score (nSPS) is 10.6. The van der Waals surface area contributed by atoms with Crippen molar-refractivity contribution in [1.82, 2.24) is 0 Å². The van der Waals surface area contributed by atoms with Gasteiger partial charge in [-0.25, -0.2) is 9.18 Å². The topological polar surface area (TPSA) is 66.4 Å². The van der Waals surface area contributed by atoms with Crippen LogP contribution in [-0.4, -0.2) is 17.0 Å². The molecule has 2 rings (SSSR count). The van der Waals surface area contributed by atoms with Crippen molar-refractivity contribution in [3.05, 3.63) is 71.0 Å². The maximum Gasteiger partial charge on any atom is 0.335 e. The third-order valence-corrected chi connectivity index (χ3v) is 3.03. The maximum atomic E-state index is 12.8. The van der Waals surface area contributed by atoms with E-state index in [9.17, 15) is 14.0 Å². The summed E-state index contributed by atoms with van der Waals surface area (Å²) in [6.07, 6.45) is 2.90. The lowest BCUT2D eigenvalue weighted by Crippen LogP contribution is -2.09. The average molecular weight is 299 g/mol. The lowest BCUT2D eigenvalue weighted by molar-refractivity contribution is -0.111. The van der Waals surface area contributed by atoms with Crippen LogP contribution in [0.15, 0.2) is 48.5 Å². The third-order valence-electron chi connectivity index (χ3n) is 3.03. The van der Waals surface area contributed by atoms with E-state index in [1.54, 1.807) is 31.2 Å². The van der Waals surface area contributed by atoms with Crippen LogP contribution in [-0.2, 0) is 4.79 Å². The zero-order valence-electron chi connectivity index (χ0n) is 11.8. The number of aryl methyl sites for hydroxylation is 1. The summed E-state index contributed by atoms with van der Waals surface area (Å²) >= 11 is 0. The second-order valence-corrected chi connectivity index (χ2v) is 4.71. The van der Waals surface area contributed by atoms with Gasteiger partial charge in [0, 0.05) is 11.8 Å². The first-order chi connectivity index (χ1) is 10.5. The number of hydrogen-bond donors (Lipinski definition) is 2. The summed E-state index contributed by atoms with van der Waals surface area (Å²) in [5, 5.41) is 11.6. The number of carbonyl (C=O) groups is 2. The fourth-order valence-corrected chi connectivity index (χ4v) is 1.86. The van der Waals surface area contributed by atoms with E-state index in [1.807, 2.05) is 0 Å². The molecular weight excluding hydrogens is 285 g/mol. The standard InChI is InChI=1S/C17H14FNO3/c1-11-10-13(17(21)22)5-8-15(11)19-16(20)9-4-12-2-6-14(18)7-3-12/h2-10H,1H3,(H,19,20)(H,21,22)/b9-4+. The van der Waals surface area contributed by atoms with Crippen molar-refractivity contribution in [3.8, 4) is 0 Å². The molecule has 0 spiro atoms. The molecule has 2 N–H and O–H groups in total. The molecule has 0 aliphatic carbocycles. The second-order valence-electron chi connectivity index (χ2n) is 4.71. The smallest absolute Gasteiger partial charge is 0.335 e. The molecule has 0 unspecified atom stereocenters. The number of nitrogens with one attached hydrogen (secondary N) is 1. The van der Waals surface area contributed by atoms with Gasteiger partial charge in [0.05, 0.1) is 5.56 Å². The van der Waals surface area contributed by atoms with Gasteiger partial charge in [-0.2, -0.15) is 0 Å². The highest BCUT2D eigenvalue weighted by atomic mass is 19.1. The van der Waals surface area contributed by atoms with E-state index in [4.69, 9.17) is 5.11 Å². The minimum absolute atomic E-state index is 0.164. The molecule has 0 atom stereocenters. The highest BCUT2D eigenvalue weighted by Gasteiger charge is 2.07. The van der Waals surface area contributed by atoms with E-state index in [0.717, 1.165) is 0 Å². The lowest BCUT2D eigenvalue weighted by Gasteiger charge is -2.07. The lowest BCUT2D eigenvalue weighted by atomic mass is 10.1. The molecule has 0 aliphatic rings. The van der Waals surface area contributed by atoms with Gasteiger partial charge in [0.15, 0.2) is 0 Å². The van der Waals surface area contributed by atoms with Crippen molar-refractivity contribution in [1.29, 1.82) is 0 Å². The zero-order chi connectivity index (χ0) is 16.1. The van der Waals surface area contributed by atoms with Crippen molar-refractivity contribution in [3.63, 3.8) is 0 Å². The van der Waals surface area contributed by atoms with Crippen LogP contribution in [0.4, 0.5) is 10.1 Å². The predicted molar refractivity (Wildman–Crippen MR) is 82.2 cm³/mol. The van der Waals surface area contributed by atoms with Crippen molar-refractivity contribution >= 4 is 23.6 Å². The number of carbonyl (C=O) groups excluding carboxylic acids is 1. The van der Waals surface area contributed by atoms with Gasteiger partial charge in [-0.15, -0.1) is 0 Å². The Labute approximate surface area is 126 Å². The average Bonchev–Trinajstić information content (AvgIpc) is 2.48. The molecule has 4 nitrogen and oxygen atoms in total. The van der Waals surface area contributed by atoms with E-state index >= 15 is 0 Å². The predicted octanol–water partition coefficient (Wildman–Crippen LogP) is 3.48. The van der Waals surface area contributed by atoms with Crippen LogP contribution in [0.3, 0.4) is 0 Å². The summed E-state index contributed by atoms with van der Waals surface area (Å²) in [7, 11) is 0. The minimum Gasteiger partial charge on any atom is -0.478 e. The fraction of sp³-hybridized carbons (Fsp3) is 0.0588. The Morgan fingerprint density at radius 1 is 1.14 bits per heavy atom. The first-order valence-corrected chi connectivity index (χ1v) is 6.54. The molecule has 0 aliphatic heterocycles. The fourth-order valence-electron chi connectivity index (χ4n) is 1.86. The highest BCUT2D eigenvalue weighted by molar-refractivity contribution is 6.02. The van der Waals surface area contributed by atoms with E-state index in [1.165, 1.54) is 30.3 Å². The number of carboxylic acid groups (broad SMARTS) is 1. The number of halogens is 1. The molecule has 1 amide bonds. The Morgan fingerprint density at radius 3 is 2.41 bits per heavy atom. The van der Waals surface area contributed by atoms with Gasteiger partial charge < -0.3 is 10.4 Å². The summed E-state index contributed by atoms with van der Waals surface area (Å²) in [5.74, 6) is -1.71. The number of rotatable bonds is 4. The van der Waals surface area contributed by atoms with Crippen LogP contribution in [0.25, 0.3) is 6.08 Å². The van der Waals surface area contributed by atoms with E-state index in [2.05, 4.69) is 5.32 Å². The Balaban J connectivity index is 2.05.